The summed E-state index contributed by atoms with van der Waals surface area (Å²) in [5, 5.41) is 8.50. The van der Waals surface area contributed by atoms with Crippen LogP contribution in [0.3, 0.4) is 0 Å². The first-order valence-electron chi connectivity index (χ1n) is 6.37. The minimum absolute atomic E-state index is 0.125. The van der Waals surface area contributed by atoms with Crippen molar-refractivity contribution in [3.8, 4) is 0 Å². The molecule has 0 atom stereocenters. The molecule has 2 amide bonds. The lowest BCUT2D eigenvalue weighted by Crippen LogP contribution is -2.20. The Kier molecular flexibility index (Phi) is 5.22. The predicted molar refractivity (Wildman–Crippen MR) is 84.6 cm³/mol. The number of amides is 2. The van der Waals surface area contributed by atoms with Gasteiger partial charge in [-0.1, -0.05) is 24.3 Å². The second kappa shape index (κ2) is 7.35. The van der Waals surface area contributed by atoms with Gasteiger partial charge in [0, 0.05) is 11.4 Å². The Morgan fingerprint density at radius 1 is 1.14 bits per heavy atom. The van der Waals surface area contributed by atoms with Crippen LogP contribution in [0.5, 0.6) is 0 Å². The predicted octanol–water partition coefficient (Wildman–Crippen LogP) is 2.88. The van der Waals surface area contributed by atoms with Crippen LogP contribution in [-0.2, 0) is 4.79 Å². The van der Waals surface area contributed by atoms with Crippen LogP contribution in [0, 0.1) is 0 Å². The van der Waals surface area contributed by atoms with Gasteiger partial charge >= 0.3 is 0 Å². The van der Waals surface area contributed by atoms with E-state index in [1.54, 1.807) is 19.1 Å². The van der Waals surface area contributed by atoms with Crippen molar-refractivity contribution in [3.63, 3.8) is 0 Å². The number of anilines is 1. The fourth-order valence-electron chi connectivity index (χ4n) is 1.61. The van der Waals surface area contributed by atoms with E-state index in [4.69, 9.17) is 0 Å². The first-order valence-corrected chi connectivity index (χ1v) is 7.25. The Balaban J connectivity index is 1.83. The van der Waals surface area contributed by atoms with Gasteiger partial charge in [-0.05, 0) is 30.5 Å². The molecule has 0 aliphatic carbocycles. The highest BCUT2D eigenvalue weighted by molar-refractivity contribution is 7.12. The summed E-state index contributed by atoms with van der Waals surface area (Å²) in [6, 6.07) is 12.7. The van der Waals surface area contributed by atoms with Crippen molar-refractivity contribution in [1.82, 2.24) is 5.43 Å². The van der Waals surface area contributed by atoms with Crippen LogP contribution in [0.2, 0.25) is 0 Å². The summed E-state index contributed by atoms with van der Waals surface area (Å²) in [5.41, 5.74) is 3.70. The van der Waals surface area contributed by atoms with Crippen molar-refractivity contribution in [3.05, 3.63) is 52.7 Å². The Morgan fingerprint density at radius 2 is 1.90 bits per heavy atom. The van der Waals surface area contributed by atoms with Crippen molar-refractivity contribution < 1.29 is 9.59 Å². The fourth-order valence-corrected chi connectivity index (χ4v) is 2.22. The van der Waals surface area contributed by atoms with Crippen LogP contribution < -0.4 is 10.7 Å². The van der Waals surface area contributed by atoms with E-state index in [-0.39, 0.29) is 18.2 Å². The van der Waals surface area contributed by atoms with E-state index in [2.05, 4.69) is 15.8 Å². The Morgan fingerprint density at radius 3 is 2.57 bits per heavy atom. The largest absolute Gasteiger partial charge is 0.326 e. The number of hydrazone groups is 1. The first-order chi connectivity index (χ1) is 10.1. The van der Waals surface area contributed by atoms with Crippen molar-refractivity contribution in [2.45, 2.75) is 13.3 Å². The zero-order valence-electron chi connectivity index (χ0n) is 11.5. The van der Waals surface area contributed by atoms with E-state index in [1.807, 2.05) is 35.7 Å². The molecule has 0 aliphatic heterocycles. The molecule has 1 aromatic heterocycles. The highest BCUT2D eigenvalue weighted by Crippen LogP contribution is 2.08. The number of hydrogen-bond acceptors (Lipinski definition) is 4. The molecule has 0 saturated heterocycles. The maximum atomic E-state index is 11.8. The lowest BCUT2D eigenvalue weighted by molar-refractivity contribution is -0.115. The van der Waals surface area contributed by atoms with Gasteiger partial charge in [0.15, 0.2) is 0 Å². The number of benzene rings is 1. The van der Waals surface area contributed by atoms with Crippen LogP contribution in [0.4, 0.5) is 5.69 Å². The number of rotatable bonds is 5. The second-order valence-corrected chi connectivity index (χ2v) is 5.30. The smallest absolute Gasteiger partial charge is 0.281 e. The molecular formula is C15H15N3O2S. The number of nitrogens with zero attached hydrogens (tertiary/aromatic N) is 1. The third-order valence-corrected chi connectivity index (χ3v) is 3.44. The second-order valence-electron chi connectivity index (χ2n) is 4.36. The van der Waals surface area contributed by atoms with E-state index in [1.165, 1.54) is 11.3 Å². The van der Waals surface area contributed by atoms with Crippen molar-refractivity contribution in [2.75, 3.05) is 5.32 Å². The molecule has 2 aromatic rings. The number of carbonyl (C=O) groups is 2. The van der Waals surface area contributed by atoms with Gasteiger partial charge in [-0.25, -0.2) is 5.43 Å². The zero-order chi connectivity index (χ0) is 15.1. The highest BCUT2D eigenvalue weighted by atomic mass is 32.1. The molecule has 0 aliphatic rings. The topological polar surface area (TPSA) is 70.6 Å². The SMILES string of the molecule is C/C(CC(=O)Nc1ccccc1)=N\NC(=O)c1cccs1. The molecule has 1 heterocycles. The van der Waals surface area contributed by atoms with Gasteiger partial charge in [-0.15, -0.1) is 11.3 Å². The summed E-state index contributed by atoms with van der Waals surface area (Å²) < 4.78 is 0. The fraction of sp³-hybridized carbons (Fsp3) is 0.133. The first kappa shape index (κ1) is 14.9. The van der Waals surface area contributed by atoms with Gasteiger partial charge in [0.2, 0.25) is 5.91 Å². The molecular weight excluding hydrogens is 286 g/mol. The van der Waals surface area contributed by atoms with Crippen LogP contribution in [0.1, 0.15) is 23.0 Å². The maximum absolute atomic E-state index is 11.8. The third kappa shape index (κ3) is 4.85. The zero-order valence-corrected chi connectivity index (χ0v) is 12.3. The number of para-hydroxylation sites is 1. The number of carbonyl (C=O) groups excluding carboxylic acids is 2. The Hall–Kier alpha value is -2.47. The molecule has 0 unspecified atom stereocenters. The lowest BCUT2D eigenvalue weighted by atomic mass is 10.2. The third-order valence-electron chi connectivity index (χ3n) is 2.57. The molecule has 108 valence electrons. The van der Waals surface area contributed by atoms with Crippen LogP contribution in [0.25, 0.3) is 0 Å². The maximum Gasteiger partial charge on any atom is 0.281 e. The normalized spacial score (nSPS) is 11.0. The van der Waals surface area contributed by atoms with Gasteiger partial charge in [-0.3, -0.25) is 9.59 Å². The van der Waals surface area contributed by atoms with Gasteiger partial charge in [0.25, 0.3) is 5.91 Å². The molecule has 0 radical (unpaired) electrons. The monoisotopic (exact) mass is 301 g/mol. The number of nitrogens with one attached hydrogen (secondary N) is 2. The van der Waals surface area contributed by atoms with E-state index in [0.717, 1.165) is 5.69 Å². The average molecular weight is 301 g/mol. The Bertz CT molecular complexity index is 636. The minimum Gasteiger partial charge on any atom is -0.326 e. The van der Waals surface area contributed by atoms with Crippen LogP contribution >= 0.6 is 11.3 Å². The standard InChI is InChI=1S/C15H15N3O2S/c1-11(17-18-15(20)13-8-5-9-21-13)10-14(19)16-12-6-3-2-4-7-12/h2-9H,10H2,1H3,(H,16,19)(H,18,20)/b17-11+. The van der Waals surface area contributed by atoms with E-state index in [9.17, 15) is 9.59 Å². The highest BCUT2D eigenvalue weighted by Gasteiger charge is 2.07. The van der Waals surface area contributed by atoms with E-state index < -0.39 is 0 Å². The molecule has 5 nitrogen and oxygen atoms in total. The van der Waals surface area contributed by atoms with Gasteiger partial charge in [0.1, 0.15) is 0 Å². The summed E-state index contributed by atoms with van der Waals surface area (Å²) in [4.78, 5) is 24.1. The van der Waals surface area contributed by atoms with Crippen molar-refractivity contribution in [1.29, 1.82) is 0 Å². The molecule has 21 heavy (non-hydrogen) atoms. The van der Waals surface area contributed by atoms with E-state index in [0.29, 0.717) is 10.6 Å². The molecule has 2 N–H and O–H groups in total. The van der Waals surface area contributed by atoms with Gasteiger partial charge < -0.3 is 5.32 Å². The molecule has 0 bridgehead atoms. The molecule has 2 rings (SSSR count). The van der Waals surface area contributed by atoms with Crippen molar-refractivity contribution >= 4 is 34.6 Å². The van der Waals surface area contributed by atoms with Crippen molar-refractivity contribution in [2.24, 2.45) is 5.10 Å². The average Bonchev–Trinajstić information content (AvgIpc) is 3.00. The van der Waals surface area contributed by atoms with Gasteiger partial charge in [0.05, 0.1) is 11.3 Å². The van der Waals surface area contributed by atoms with Gasteiger partial charge in [-0.2, -0.15) is 5.10 Å². The number of thiophene rings is 1. The summed E-state index contributed by atoms with van der Waals surface area (Å²) in [6.45, 7) is 1.69. The van der Waals surface area contributed by atoms with Crippen LogP contribution in [-0.4, -0.2) is 17.5 Å². The molecule has 0 saturated carbocycles. The quantitative estimate of drug-likeness (QED) is 0.658. The summed E-state index contributed by atoms with van der Waals surface area (Å²) in [7, 11) is 0. The number of hydrogen-bond donors (Lipinski definition) is 2. The lowest BCUT2D eigenvalue weighted by Gasteiger charge is -2.05. The molecule has 0 fully saturated rings. The molecule has 6 heteroatoms. The summed E-state index contributed by atoms with van der Waals surface area (Å²) >= 11 is 1.34. The molecule has 0 spiro atoms. The summed E-state index contributed by atoms with van der Waals surface area (Å²) in [5.74, 6) is -0.444. The van der Waals surface area contributed by atoms with E-state index >= 15 is 0 Å². The summed E-state index contributed by atoms with van der Waals surface area (Å²) in [6.07, 6.45) is 0.125. The van der Waals surface area contributed by atoms with Crippen LogP contribution in [0.15, 0.2) is 52.9 Å². The Labute approximate surface area is 126 Å². The molecule has 1 aromatic carbocycles. The minimum atomic E-state index is -0.271.